The molecule has 0 radical (unpaired) electrons. The molecule has 11 aromatic rings. The van der Waals surface area contributed by atoms with Gasteiger partial charge in [0.15, 0.2) is 99.4 Å². The van der Waals surface area contributed by atoms with Crippen molar-refractivity contribution in [1.29, 1.82) is 0 Å². The number of pyridine rings is 2. The standard InChI is InChI=1S/C21H24FN9O12P2.C21H25N9O13P2.C21H24N8O13P2/c22-10-14-9(41-19(10)30-5-26-11-7(23)1-2-25-16(11)30)4-39-45(36,37)43-15-13(32)8(3-38-44(34,35)42-14)40-20(15)31-6-27-12-17(31)28-21(24)29-18(12)33;22-7-1-2-24-16-10(7)25-5-29(16)19-13(32)14-9(41-19)4-39-45(36,37)43-15-12(31)8(3-38-44(34,35)42-14)40-20(15)30-6-26-11-17(30)27-21(23)28-18(11)33;22-21-26-18-14(19(32)27-21)25-7-29(18)20-16-15(31)11(40-20)5-38-43(33,34)41-9-3-12(39-10(9)4-37-44(35,36)42-16)28-6-24-13-8(30)1-2-23-17(13)28/h1-2,5-6,8-10,13-15,19-20,32H,3-4H2,(H2,23,25)(H,34,35)(H,36,37)(H3,24,28,29,33);1-2,5-6,8-9,12-15,19-20,31-32H,3-4H2,(H2,22,24)(H,34,35)(H,36,37)(H3,23,27,28,33);2,6-7,9-12,15-16,20,31H,1,3-5H2,(H,33,34)(H,35,36)(H3,22,26,27,32)/t8-,9-,10?,13+,14+,15?,19-,20-;8-,9-,12+,13?,14+,15?,19-,20-;9-,10-,11-,12-,15+,16?,20-/m111/s1. The van der Waals surface area contributed by atoms with Gasteiger partial charge in [-0.1, -0.05) is 0 Å². The summed E-state index contributed by atoms with van der Waals surface area (Å²) in [5.74, 6) is -0.889. The van der Waals surface area contributed by atoms with E-state index < -0.39 is 244 Å². The number of aliphatic imine (C=N–C) groups is 1. The molecule has 0 aromatic carbocycles. The van der Waals surface area contributed by atoms with Crippen LogP contribution in [0, 0.1) is 0 Å². The van der Waals surface area contributed by atoms with E-state index in [1.807, 2.05) is 0 Å². The number of fused-ring (bicyclic) bond motifs is 15. The number of aliphatic hydroxyl groups is 4. The molecule has 10 aliphatic rings. The number of aromatic nitrogens is 20. The number of aliphatic hydroxyl groups excluding tert-OH is 4. The lowest BCUT2D eigenvalue weighted by Crippen LogP contribution is -2.36. The van der Waals surface area contributed by atoms with Crippen LogP contribution in [0.2, 0.25) is 0 Å². The first-order chi connectivity index (χ1) is 63.5. The van der Waals surface area contributed by atoms with Crippen LogP contribution in [0.5, 0.6) is 0 Å². The van der Waals surface area contributed by atoms with Gasteiger partial charge in [-0.2, -0.15) is 15.0 Å². The smallest absolute Gasteiger partial charge is 0.397 e. The molecule has 134 heavy (non-hydrogen) atoms. The topological polar surface area (TPSA) is 900 Å². The lowest BCUT2D eigenvalue weighted by atomic mass is 10.1. The molecule has 0 spiro atoms. The first-order valence-electron chi connectivity index (χ1n) is 39.2. The van der Waals surface area contributed by atoms with Gasteiger partial charge < -0.3 is 107 Å². The zero-order chi connectivity index (χ0) is 94.6. The summed E-state index contributed by atoms with van der Waals surface area (Å²) in [6.07, 6.45) is -24.8. The summed E-state index contributed by atoms with van der Waals surface area (Å²) in [6, 6.07) is 2.99. The Bertz CT molecular complexity index is 6710. The van der Waals surface area contributed by atoms with Gasteiger partial charge in [0.25, 0.3) is 16.7 Å². The van der Waals surface area contributed by atoms with Crippen LogP contribution in [0.4, 0.5) is 39.4 Å². The summed E-state index contributed by atoms with van der Waals surface area (Å²) in [5.41, 5.74) is 27.3. The van der Waals surface area contributed by atoms with Crippen LogP contribution in [-0.2, 0) is 110 Å². The predicted molar refractivity (Wildman–Crippen MR) is 432 cm³/mol. The number of carbonyl (C=O) groups excluding carboxylic acids is 1. The van der Waals surface area contributed by atoms with Crippen molar-refractivity contribution in [3.8, 4) is 0 Å². The van der Waals surface area contributed by atoms with Crippen molar-refractivity contribution in [2.75, 3.05) is 68.3 Å². The van der Waals surface area contributed by atoms with E-state index >= 15 is 4.39 Å². The van der Waals surface area contributed by atoms with Crippen LogP contribution >= 0.6 is 46.9 Å². The van der Waals surface area contributed by atoms with Crippen molar-refractivity contribution >= 4 is 150 Å². The molecule has 29 atom stereocenters. The Labute approximate surface area is 739 Å². The number of aromatic amines is 3. The quantitative estimate of drug-likeness (QED) is 0.0736. The zero-order valence-electron chi connectivity index (χ0n) is 67.2. The monoisotopic (exact) mass is 2010 g/mol. The van der Waals surface area contributed by atoms with E-state index in [2.05, 4.69) is 74.8 Å². The molecule has 23 N–H and O–H groups in total. The van der Waals surface area contributed by atoms with Crippen molar-refractivity contribution in [2.45, 2.75) is 154 Å². The number of phosphoric ester groups is 6. The molecule has 0 aliphatic carbocycles. The van der Waals surface area contributed by atoms with Crippen molar-refractivity contribution in [3.05, 3.63) is 99.2 Å². The van der Waals surface area contributed by atoms with Gasteiger partial charge in [0.05, 0.1) is 89.0 Å². The maximum atomic E-state index is 15.9. The summed E-state index contributed by atoms with van der Waals surface area (Å²) >= 11 is 0. The molecule has 0 saturated carbocycles. The van der Waals surface area contributed by atoms with E-state index in [4.69, 9.17) is 111 Å². The lowest BCUT2D eigenvalue weighted by Gasteiger charge is -2.25. The highest BCUT2D eigenvalue weighted by Crippen LogP contribution is 2.59. The van der Waals surface area contributed by atoms with E-state index in [1.165, 1.54) is 63.4 Å². The number of halogens is 1. The number of nitrogen functional groups attached to an aromatic ring is 5. The third-order valence-electron chi connectivity index (χ3n) is 22.2. The number of ether oxygens (including phenoxy) is 6. The number of nitrogens with zero attached hydrogens (tertiary/aromatic N) is 18. The average Bonchev–Trinajstić information content (AvgIpc) is 1.62. The summed E-state index contributed by atoms with van der Waals surface area (Å²) in [7, 11) is -30.3. The number of alkyl halides is 1. The van der Waals surface area contributed by atoms with Gasteiger partial charge in [0, 0.05) is 31.4 Å². The Kier molecular flexibility index (Phi) is 24.5. The third-order valence-corrected chi connectivity index (χ3v) is 28.1. The fourth-order valence-electron chi connectivity index (χ4n) is 16.1. The van der Waals surface area contributed by atoms with Crippen LogP contribution in [0.1, 0.15) is 60.7 Å². The van der Waals surface area contributed by atoms with Crippen molar-refractivity contribution in [3.63, 3.8) is 0 Å². The molecule has 6 bridgehead atoms. The number of nitrogens with one attached hydrogen (secondary N) is 3. The van der Waals surface area contributed by atoms with Crippen LogP contribution in [0.3, 0.4) is 0 Å². The Morgan fingerprint density at radius 2 is 0.701 bits per heavy atom. The van der Waals surface area contributed by atoms with Crippen LogP contribution in [0.15, 0.2) is 81.9 Å². The molecule has 21 rings (SSSR count). The van der Waals surface area contributed by atoms with Gasteiger partial charge in [0.2, 0.25) is 17.8 Å². The molecule has 9 saturated heterocycles. The van der Waals surface area contributed by atoms with Crippen molar-refractivity contribution in [2.24, 2.45) is 4.99 Å². The first-order valence-corrected chi connectivity index (χ1v) is 48.2. The van der Waals surface area contributed by atoms with Gasteiger partial charge in [-0.05, 0) is 12.1 Å². The van der Waals surface area contributed by atoms with Gasteiger partial charge in [-0.3, -0.25) is 116 Å². The summed E-state index contributed by atoms with van der Waals surface area (Å²) in [5, 5.41) is 44.1. The number of ketones is 1. The number of rotatable bonds is 6. The van der Waals surface area contributed by atoms with Crippen LogP contribution < -0.4 is 45.3 Å². The second-order valence-electron chi connectivity index (χ2n) is 30.7. The van der Waals surface area contributed by atoms with Crippen molar-refractivity contribution < 1.29 is 169 Å². The summed E-state index contributed by atoms with van der Waals surface area (Å²) < 4.78 is 199. The maximum absolute atomic E-state index is 15.9. The highest BCUT2D eigenvalue weighted by atomic mass is 31.2. The maximum Gasteiger partial charge on any atom is 0.472 e. The minimum absolute atomic E-state index is 0.0791. The minimum Gasteiger partial charge on any atom is -0.397 e. The second-order valence-corrected chi connectivity index (χ2v) is 39.2. The summed E-state index contributed by atoms with van der Waals surface area (Å²) in [6.45, 7) is -4.81. The highest BCUT2D eigenvalue weighted by molar-refractivity contribution is 7.48. The van der Waals surface area contributed by atoms with Gasteiger partial charge in [0.1, 0.15) is 115 Å². The Balaban J connectivity index is 0.000000129. The zero-order valence-corrected chi connectivity index (χ0v) is 72.6. The average molecular weight is 2010 g/mol. The molecule has 10 aliphatic heterocycles. The minimum atomic E-state index is -5.15. The number of imidazole rings is 6. The van der Waals surface area contributed by atoms with E-state index in [0.717, 1.165) is 32.7 Å². The molecule has 720 valence electrons. The van der Waals surface area contributed by atoms with Gasteiger partial charge in [-0.15, -0.1) is 0 Å². The number of hydrogen-bond donors (Lipinski definition) is 18. The van der Waals surface area contributed by atoms with Crippen molar-refractivity contribution in [1.82, 2.24) is 97.2 Å². The SMILES string of the molecule is Nc1nc2c(ncn2[C@@H]2O[C@@H]3COP(=O)(O)O[C@@H]4C(F)[C@H](n5cnc6c(N)ccnc65)O[C@@H]4COP(=O)(O)OC2[C@H]3O)c(=O)[nH]1.Nc1nc2c(ncn2[C@@H]2O[C@@H]3COP(=O)(O)O[C@@H]4C(O)[C@H](n5cnc6c(N)ccnc65)O[C@@H]4COP(=O)(O)OC2[C@H]3O)c(=O)[nH]1.Nc1nc2c(ncn2[C@@H]2O[C@@H]3COP(=O)(O)O[C@@H]4C[C@H](n5cnc6c5N=CCC6=O)O[C@@H]4COP(=O)(O)OC2[C@H]3O)c(=O)[nH]1. The highest BCUT2D eigenvalue weighted by Gasteiger charge is 2.59. The molecule has 0 amide bonds. The molecule has 71 heteroatoms. The molecular formula is C63H73FN26O38P6. The molecule has 21 heterocycles. The third kappa shape index (κ3) is 17.9. The number of hydrogen-bond acceptors (Lipinski definition) is 49. The second kappa shape index (κ2) is 35.2. The Morgan fingerprint density at radius 1 is 0.366 bits per heavy atom. The number of nitrogens with two attached hydrogens (primary N) is 5. The molecular weight excluding hydrogens is 1930 g/mol. The number of anilines is 5. The van der Waals surface area contributed by atoms with E-state index in [1.54, 1.807) is 0 Å². The molecule has 11 unspecified atom stereocenters. The largest absolute Gasteiger partial charge is 0.472 e. The number of H-pyrrole nitrogens is 3. The normalized spacial score (nSPS) is 37.7. The number of phosphoric acid groups is 6. The summed E-state index contributed by atoms with van der Waals surface area (Å²) in [4.78, 5) is 168. The molecule has 64 nitrogen and oxygen atoms in total. The Morgan fingerprint density at radius 3 is 1.13 bits per heavy atom. The molecule has 11 aromatic heterocycles. The predicted octanol–water partition coefficient (Wildman–Crippen LogP) is -3.04. The fourth-order valence-corrected chi connectivity index (χ4v) is 21.8. The van der Waals surface area contributed by atoms with E-state index in [-0.39, 0.29) is 115 Å². The molecule has 9 fully saturated rings. The van der Waals surface area contributed by atoms with E-state index in [0.29, 0.717) is 0 Å². The number of Topliss-reactive ketones (excluding diaryl/α,β-unsaturated/α-hetero) is 1. The van der Waals surface area contributed by atoms with Crippen LogP contribution in [-0.4, -0.2) is 302 Å². The van der Waals surface area contributed by atoms with Gasteiger partial charge in [-0.25, -0.2) is 76.6 Å². The van der Waals surface area contributed by atoms with Gasteiger partial charge >= 0.3 is 46.9 Å². The lowest BCUT2D eigenvalue weighted by molar-refractivity contribution is -0.0673. The van der Waals surface area contributed by atoms with E-state index in [9.17, 15) is 96.4 Å². The number of carbonyl (C=O) groups is 1. The fraction of sp³-hybridized carbons (Fsp3) is 0.492. The van der Waals surface area contributed by atoms with Crippen LogP contribution in [0.25, 0.3) is 55.8 Å². The first kappa shape index (κ1) is 93.1. The Hall–Kier alpha value is -9.97.